The number of ether oxygens (including phenoxy) is 1. The molecule has 1 atom stereocenters. The molecular formula is C18H21NO3. The maximum Gasteiger partial charge on any atom is 0.304 e. The summed E-state index contributed by atoms with van der Waals surface area (Å²) < 4.78 is 5.59. The summed E-state index contributed by atoms with van der Waals surface area (Å²) in [4.78, 5) is 10.5. The lowest BCUT2D eigenvalue weighted by atomic mass is 10.1. The van der Waals surface area contributed by atoms with Gasteiger partial charge in [0.15, 0.2) is 0 Å². The molecule has 0 heterocycles. The quantitative estimate of drug-likeness (QED) is 0.786. The summed E-state index contributed by atoms with van der Waals surface area (Å²) in [6, 6.07) is 17.9. The van der Waals surface area contributed by atoms with Crippen LogP contribution >= 0.6 is 0 Å². The standard InChI is InChI=1S/C18H21NO3/c19-16(13-18(20)21)10-11-22-17-8-6-15(7-9-17)12-14-4-2-1-3-5-14/h1-9,16H,10-13,19H2,(H,20,21). The number of hydrogen-bond acceptors (Lipinski definition) is 3. The third kappa shape index (κ3) is 5.58. The van der Waals surface area contributed by atoms with Gasteiger partial charge < -0.3 is 15.6 Å². The first-order valence-corrected chi connectivity index (χ1v) is 7.36. The predicted octanol–water partition coefficient (Wildman–Crippen LogP) is 2.85. The van der Waals surface area contributed by atoms with Gasteiger partial charge in [-0.3, -0.25) is 4.79 Å². The van der Waals surface area contributed by atoms with Crippen molar-refractivity contribution < 1.29 is 14.6 Å². The largest absolute Gasteiger partial charge is 0.494 e. The Morgan fingerprint density at radius 2 is 1.68 bits per heavy atom. The molecule has 4 nitrogen and oxygen atoms in total. The van der Waals surface area contributed by atoms with Gasteiger partial charge in [0, 0.05) is 6.04 Å². The second kappa shape index (κ2) is 8.20. The van der Waals surface area contributed by atoms with E-state index in [0.29, 0.717) is 13.0 Å². The molecule has 2 rings (SSSR count). The van der Waals surface area contributed by atoms with E-state index < -0.39 is 5.97 Å². The molecule has 4 heteroatoms. The van der Waals surface area contributed by atoms with Crippen LogP contribution in [0.1, 0.15) is 24.0 Å². The van der Waals surface area contributed by atoms with E-state index in [1.807, 2.05) is 42.5 Å². The van der Waals surface area contributed by atoms with E-state index in [0.717, 1.165) is 12.2 Å². The molecule has 0 aliphatic heterocycles. The van der Waals surface area contributed by atoms with Gasteiger partial charge in [0.25, 0.3) is 0 Å². The van der Waals surface area contributed by atoms with Gasteiger partial charge in [0.1, 0.15) is 5.75 Å². The Hall–Kier alpha value is -2.33. The number of aliphatic carboxylic acids is 1. The third-order valence-corrected chi connectivity index (χ3v) is 3.37. The maximum absolute atomic E-state index is 10.5. The van der Waals surface area contributed by atoms with Crippen LogP contribution in [0, 0.1) is 0 Å². The Balaban J connectivity index is 1.78. The van der Waals surface area contributed by atoms with Gasteiger partial charge in [-0.2, -0.15) is 0 Å². The van der Waals surface area contributed by atoms with Crippen molar-refractivity contribution in [3.63, 3.8) is 0 Å². The van der Waals surface area contributed by atoms with E-state index >= 15 is 0 Å². The molecule has 0 saturated carbocycles. The van der Waals surface area contributed by atoms with Crippen LogP contribution < -0.4 is 10.5 Å². The summed E-state index contributed by atoms with van der Waals surface area (Å²) in [6.07, 6.45) is 1.39. The summed E-state index contributed by atoms with van der Waals surface area (Å²) in [7, 11) is 0. The third-order valence-electron chi connectivity index (χ3n) is 3.37. The van der Waals surface area contributed by atoms with Gasteiger partial charge in [-0.05, 0) is 36.1 Å². The molecule has 0 radical (unpaired) electrons. The summed E-state index contributed by atoms with van der Waals surface area (Å²) in [6.45, 7) is 0.423. The van der Waals surface area contributed by atoms with Gasteiger partial charge in [-0.25, -0.2) is 0 Å². The van der Waals surface area contributed by atoms with Crippen LogP contribution in [0.3, 0.4) is 0 Å². The van der Waals surface area contributed by atoms with Crippen LogP contribution in [0.4, 0.5) is 0 Å². The Morgan fingerprint density at radius 1 is 1.05 bits per heavy atom. The second-order valence-electron chi connectivity index (χ2n) is 5.30. The predicted molar refractivity (Wildman–Crippen MR) is 86.0 cm³/mol. The van der Waals surface area contributed by atoms with Crippen molar-refractivity contribution in [2.45, 2.75) is 25.3 Å². The molecule has 0 aromatic heterocycles. The Bertz CT molecular complexity index is 581. The molecule has 0 aliphatic rings. The van der Waals surface area contributed by atoms with Crippen LogP contribution in [0.2, 0.25) is 0 Å². The molecule has 22 heavy (non-hydrogen) atoms. The minimum Gasteiger partial charge on any atom is -0.494 e. The lowest BCUT2D eigenvalue weighted by Gasteiger charge is -2.11. The lowest BCUT2D eigenvalue weighted by Crippen LogP contribution is -2.25. The first kappa shape index (κ1) is 16.0. The van der Waals surface area contributed by atoms with Gasteiger partial charge in [-0.15, -0.1) is 0 Å². The van der Waals surface area contributed by atoms with Crippen LogP contribution in [-0.4, -0.2) is 23.7 Å². The fourth-order valence-corrected chi connectivity index (χ4v) is 2.19. The normalized spacial score (nSPS) is 11.9. The zero-order valence-electron chi connectivity index (χ0n) is 12.4. The highest BCUT2D eigenvalue weighted by Gasteiger charge is 2.07. The lowest BCUT2D eigenvalue weighted by molar-refractivity contribution is -0.137. The van der Waals surface area contributed by atoms with E-state index in [-0.39, 0.29) is 12.5 Å². The summed E-state index contributed by atoms with van der Waals surface area (Å²) in [5.74, 6) is -0.0999. The number of hydrogen-bond donors (Lipinski definition) is 2. The van der Waals surface area contributed by atoms with Gasteiger partial charge in [0.2, 0.25) is 0 Å². The number of carboxylic acid groups (broad SMARTS) is 1. The van der Waals surface area contributed by atoms with Crippen molar-refractivity contribution >= 4 is 5.97 Å². The van der Waals surface area contributed by atoms with Crippen molar-refractivity contribution in [2.75, 3.05) is 6.61 Å². The second-order valence-corrected chi connectivity index (χ2v) is 5.30. The van der Waals surface area contributed by atoms with Crippen molar-refractivity contribution in [1.29, 1.82) is 0 Å². The fraction of sp³-hybridized carbons (Fsp3) is 0.278. The number of carboxylic acids is 1. The zero-order valence-corrected chi connectivity index (χ0v) is 12.4. The van der Waals surface area contributed by atoms with Gasteiger partial charge in [-0.1, -0.05) is 42.5 Å². The molecule has 116 valence electrons. The molecule has 0 saturated heterocycles. The molecule has 0 amide bonds. The van der Waals surface area contributed by atoms with Crippen molar-refractivity contribution in [2.24, 2.45) is 5.73 Å². The molecule has 2 aromatic carbocycles. The maximum atomic E-state index is 10.5. The zero-order chi connectivity index (χ0) is 15.8. The minimum atomic E-state index is -0.877. The van der Waals surface area contributed by atoms with Gasteiger partial charge >= 0.3 is 5.97 Å². The summed E-state index contributed by atoms with van der Waals surface area (Å²) in [5, 5.41) is 8.63. The number of benzene rings is 2. The van der Waals surface area contributed by atoms with Crippen LogP contribution in [0.25, 0.3) is 0 Å². The molecule has 0 bridgehead atoms. The van der Waals surface area contributed by atoms with E-state index in [4.69, 9.17) is 15.6 Å². The van der Waals surface area contributed by atoms with Crippen molar-refractivity contribution in [1.82, 2.24) is 0 Å². The van der Waals surface area contributed by atoms with E-state index in [2.05, 4.69) is 12.1 Å². The molecule has 0 fully saturated rings. The average molecular weight is 299 g/mol. The molecule has 3 N–H and O–H groups in total. The molecular weight excluding hydrogens is 278 g/mol. The number of nitrogens with two attached hydrogens (primary N) is 1. The minimum absolute atomic E-state index is 0.0284. The number of rotatable bonds is 8. The molecule has 0 spiro atoms. The fourth-order valence-electron chi connectivity index (χ4n) is 2.19. The SMILES string of the molecule is NC(CCOc1ccc(Cc2ccccc2)cc1)CC(=O)O. The molecule has 2 aromatic rings. The first-order chi connectivity index (χ1) is 10.6. The highest BCUT2D eigenvalue weighted by atomic mass is 16.5. The Kier molecular flexibility index (Phi) is 5.98. The van der Waals surface area contributed by atoms with Crippen LogP contribution in [0.5, 0.6) is 5.75 Å². The first-order valence-electron chi connectivity index (χ1n) is 7.36. The van der Waals surface area contributed by atoms with Crippen molar-refractivity contribution in [3.05, 3.63) is 65.7 Å². The summed E-state index contributed by atoms with van der Waals surface area (Å²) >= 11 is 0. The van der Waals surface area contributed by atoms with E-state index in [1.165, 1.54) is 11.1 Å². The number of carbonyl (C=O) groups is 1. The summed E-state index contributed by atoms with van der Waals surface area (Å²) in [5.41, 5.74) is 8.19. The van der Waals surface area contributed by atoms with Crippen LogP contribution in [-0.2, 0) is 11.2 Å². The Morgan fingerprint density at radius 3 is 2.32 bits per heavy atom. The molecule has 0 aliphatic carbocycles. The Labute approximate surface area is 130 Å². The van der Waals surface area contributed by atoms with Crippen molar-refractivity contribution in [3.8, 4) is 5.75 Å². The highest BCUT2D eigenvalue weighted by Crippen LogP contribution is 2.15. The van der Waals surface area contributed by atoms with Crippen LogP contribution in [0.15, 0.2) is 54.6 Å². The average Bonchev–Trinajstić information content (AvgIpc) is 2.49. The smallest absolute Gasteiger partial charge is 0.304 e. The molecule has 1 unspecified atom stereocenters. The van der Waals surface area contributed by atoms with E-state index in [1.54, 1.807) is 0 Å². The van der Waals surface area contributed by atoms with Gasteiger partial charge in [0.05, 0.1) is 13.0 Å². The monoisotopic (exact) mass is 299 g/mol. The highest BCUT2D eigenvalue weighted by molar-refractivity contribution is 5.67. The topological polar surface area (TPSA) is 72.5 Å². The van der Waals surface area contributed by atoms with E-state index in [9.17, 15) is 4.79 Å².